The van der Waals surface area contributed by atoms with Gasteiger partial charge in [-0.3, -0.25) is 14.7 Å². The van der Waals surface area contributed by atoms with E-state index in [9.17, 15) is 10.1 Å². The molecule has 0 fully saturated rings. The van der Waals surface area contributed by atoms with Crippen LogP contribution >= 0.6 is 11.8 Å². The molecule has 1 unspecified atom stereocenters. The van der Waals surface area contributed by atoms with E-state index in [-0.39, 0.29) is 5.69 Å². The predicted octanol–water partition coefficient (Wildman–Crippen LogP) is 4.76. The van der Waals surface area contributed by atoms with Gasteiger partial charge in [0.2, 0.25) is 5.75 Å². The van der Waals surface area contributed by atoms with Crippen molar-refractivity contribution < 1.29 is 19.1 Å². The minimum Gasteiger partial charge on any atom is -0.493 e. The van der Waals surface area contributed by atoms with E-state index in [1.807, 2.05) is 4.57 Å². The van der Waals surface area contributed by atoms with Crippen LogP contribution in [0.1, 0.15) is 20.3 Å². The predicted molar refractivity (Wildman–Crippen MR) is 119 cm³/mol. The number of ether oxygens (including phenoxy) is 3. The molecule has 10 heteroatoms. The SMILES string of the molecule is CCC(C)Sc1nnc(-c2cc(OC)c(OC)c(OC)c2)n1-c1ccc([N+](=O)[O-])cc1. The topological polar surface area (TPSA) is 102 Å². The molecule has 0 saturated heterocycles. The molecule has 0 saturated carbocycles. The largest absolute Gasteiger partial charge is 0.493 e. The Kier molecular flexibility index (Phi) is 7.01. The van der Waals surface area contributed by atoms with Crippen molar-refractivity contribution in [1.82, 2.24) is 14.8 Å². The van der Waals surface area contributed by atoms with Crippen molar-refractivity contribution in [3.05, 3.63) is 46.5 Å². The van der Waals surface area contributed by atoms with Crippen molar-refractivity contribution in [3.63, 3.8) is 0 Å². The number of benzene rings is 2. The fraction of sp³-hybridized carbons (Fsp3) is 0.333. The average molecular weight is 445 g/mol. The maximum atomic E-state index is 11.1. The van der Waals surface area contributed by atoms with Gasteiger partial charge in [0.25, 0.3) is 5.69 Å². The number of nitro groups is 1. The van der Waals surface area contributed by atoms with E-state index < -0.39 is 4.92 Å². The lowest BCUT2D eigenvalue weighted by atomic mass is 10.1. The third kappa shape index (κ3) is 4.58. The zero-order valence-corrected chi connectivity index (χ0v) is 18.8. The minimum absolute atomic E-state index is 0.0160. The molecule has 1 atom stereocenters. The molecule has 1 aromatic heterocycles. The van der Waals surface area contributed by atoms with Gasteiger partial charge in [0.15, 0.2) is 22.5 Å². The van der Waals surface area contributed by atoms with Crippen molar-refractivity contribution in [2.45, 2.75) is 30.7 Å². The highest BCUT2D eigenvalue weighted by Gasteiger charge is 2.22. The van der Waals surface area contributed by atoms with Gasteiger partial charge < -0.3 is 14.2 Å². The summed E-state index contributed by atoms with van der Waals surface area (Å²) in [6.07, 6.45) is 0.956. The van der Waals surface area contributed by atoms with E-state index in [0.717, 1.165) is 6.42 Å². The molecule has 0 amide bonds. The van der Waals surface area contributed by atoms with Gasteiger partial charge in [0, 0.05) is 22.9 Å². The van der Waals surface area contributed by atoms with E-state index in [1.165, 1.54) is 12.1 Å². The van der Waals surface area contributed by atoms with Crippen LogP contribution < -0.4 is 14.2 Å². The first-order valence-electron chi connectivity index (χ1n) is 9.60. The van der Waals surface area contributed by atoms with Gasteiger partial charge in [-0.05, 0) is 30.7 Å². The van der Waals surface area contributed by atoms with Crippen LogP contribution in [0.2, 0.25) is 0 Å². The number of aromatic nitrogens is 3. The highest BCUT2D eigenvalue weighted by molar-refractivity contribution is 7.99. The highest BCUT2D eigenvalue weighted by Crippen LogP contribution is 2.42. The van der Waals surface area contributed by atoms with Crippen LogP contribution in [0.25, 0.3) is 17.1 Å². The third-order valence-corrected chi connectivity index (χ3v) is 5.97. The number of non-ortho nitro benzene ring substituents is 1. The molecule has 0 spiro atoms. The Morgan fingerprint density at radius 3 is 2.16 bits per heavy atom. The number of thioether (sulfide) groups is 1. The van der Waals surface area contributed by atoms with Crippen molar-refractivity contribution in [3.8, 4) is 34.3 Å². The molecule has 1 heterocycles. The zero-order chi connectivity index (χ0) is 22.5. The fourth-order valence-corrected chi connectivity index (χ4v) is 3.87. The number of methoxy groups -OCH3 is 3. The molecule has 0 N–H and O–H groups in total. The van der Waals surface area contributed by atoms with Gasteiger partial charge >= 0.3 is 0 Å². The summed E-state index contributed by atoms with van der Waals surface area (Å²) in [5, 5.41) is 20.9. The van der Waals surface area contributed by atoms with Crippen molar-refractivity contribution in [1.29, 1.82) is 0 Å². The van der Waals surface area contributed by atoms with E-state index in [0.29, 0.717) is 44.7 Å². The van der Waals surface area contributed by atoms with Crippen molar-refractivity contribution >= 4 is 17.4 Å². The van der Waals surface area contributed by atoms with Gasteiger partial charge in [-0.15, -0.1) is 10.2 Å². The fourth-order valence-electron chi connectivity index (χ4n) is 2.96. The Bertz CT molecular complexity index is 1040. The summed E-state index contributed by atoms with van der Waals surface area (Å²) in [5.74, 6) is 2.01. The van der Waals surface area contributed by atoms with Crippen molar-refractivity contribution in [2.24, 2.45) is 0 Å². The van der Waals surface area contributed by atoms with Gasteiger partial charge in [-0.25, -0.2) is 0 Å². The second kappa shape index (κ2) is 9.69. The standard InChI is InChI=1S/C21H24N4O5S/c1-6-13(2)31-21-23-22-20(24(21)15-7-9-16(10-8-15)25(26)27)14-11-17(28-3)19(30-5)18(12-14)29-4/h7-13H,6H2,1-5H3. The van der Waals surface area contributed by atoms with E-state index in [1.54, 1.807) is 57.4 Å². The Morgan fingerprint density at radius 2 is 1.68 bits per heavy atom. The molecule has 0 bridgehead atoms. The first-order valence-corrected chi connectivity index (χ1v) is 10.5. The van der Waals surface area contributed by atoms with E-state index in [2.05, 4.69) is 24.0 Å². The summed E-state index contributed by atoms with van der Waals surface area (Å²) in [4.78, 5) is 10.6. The molecule has 31 heavy (non-hydrogen) atoms. The second-order valence-electron chi connectivity index (χ2n) is 6.67. The number of rotatable bonds is 9. The molecule has 0 radical (unpaired) electrons. The van der Waals surface area contributed by atoms with Crippen LogP contribution in [0.5, 0.6) is 17.2 Å². The Labute approximate surface area is 184 Å². The van der Waals surface area contributed by atoms with Crippen LogP contribution in [0.4, 0.5) is 5.69 Å². The lowest BCUT2D eigenvalue weighted by Crippen LogP contribution is -2.03. The second-order valence-corrected chi connectivity index (χ2v) is 8.07. The van der Waals surface area contributed by atoms with Crippen LogP contribution in [0, 0.1) is 10.1 Å². The number of nitro benzene ring substituents is 1. The van der Waals surface area contributed by atoms with Crippen LogP contribution in [-0.2, 0) is 0 Å². The minimum atomic E-state index is -0.426. The van der Waals surface area contributed by atoms with Crippen LogP contribution in [0.3, 0.4) is 0 Å². The monoisotopic (exact) mass is 444 g/mol. The Hall–Kier alpha value is -3.27. The van der Waals surface area contributed by atoms with Crippen LogP contribution in [-0.4, -0.2) is 46.3 Å². The lowest BCUT2D eigenvalue weighted by Gasteiger charge is -2.15. The summed E-state index contributed by atoms with van der Waals surface area (Å²) in [6, 6.07) is 9.89. The molecule has 9 nitrogen and oxygen atoms in total. The summed E-state index contributed by atoms with van der Waals surface area (Å²) in [6.45, 7) is 4.21. The highest BCUT2D eigenvalue weighted by atomic mass is 32.2. The first kappa shape index (κ1) is 22.4. The zero-order valence-electron chi connectivity index (χ0n) is 18.0. The Balaban J connectivity index is 2.20. The van der Waals surface area contributed by atoms with Gasteiger partial charge in [0.1, 0.15) is 0 Å². The molecule has 3 aromatic rings. The molecule has 164 valence electrons. The van der Waals surface area contributed by atoms with Gasteiger partial charge in [-0.2, -0.15) is 0 Å². The summed E-state index contributed by atoms with van der Waals surface area (Å²) in [7, 11) is 4.64. The molecular formula is C21H24N4O5S. The smallest absolute Gasteiger partial charge is 0.269 e. The average Bonchev–Trinajstić information content (AvgIpc) is 3.21. The maximum absolute atomic E-state index is 11.1. The van der Waals surface area contributed by atoms with Gasteiger partial charge in [-0.1, -0.05) is 25.6 Å². The Morgan fingerprint density at radius 1 is 1.06 bits per heavy atom. The molecule has 3 rings (SSSR count). The van der Waals surface area contributed by atoms with E-state index in [4.69, 9.17) is 14.2 Å². The summed E-state index contributed by atoms with van der Waals surface area (Å²) in [5.41, 5.74) is 1.43. The number of hydrogen-bond donors (Lipinski definition) is 0. The molecular weight excluding hydrogens is 420 g/mol. The third-order valence-electron chi connectivity index (χ3n) is 4.76. The van der Waals surface area contributed by atoms with Crippen LogP contribution in [0.15, 0.2) is 41.6 Å². The van der Waals surface area contributed by atoms with E-state index >= 15 is 0 Å². The quantitative estimate of drug-likeness (QED) is 0.264. The van der Waals surface area contributed by atoms with Crippen molar-refractivity contribution in [2.75, 3.05) is 21.3 Å². The summed E-state index contributed by atoms with van der Waals surface area (Å²) >= 11 is 1.59. The number of hydrogen-bond acceptors (Lipinski definition) is 8. The first-order chi connectivity index (χ1) is 14.9. The van der Waals surface area contributed by atoms with Gasteiger partial charge in [0.05, 0.1) is 31.9 Å². The maximum Gasteiger partial charge on any atom is 0.269 e. The summed E-state index contributed by atoms with van der Waals surface area (Å²) < 4.78 is 18.2. The molecule has 0 aliphatic heterocycles. The normalized spacial score (nSPS) is 11.8. The molecule has 0 aliphatic carbocycles. The number of nitrogens with zero attached hydrogens (tertiary/aromatic N) is 4. The molecule has 2 aromatic carbocycles. The molecule has 0 aliphatic rings. The lowest BCUT2D eigenvalue weighted by molar-refractivity contribution is -0.384.